The van der Waals surface area contributed by atoms with E-state index in [4.69, 9.17) is 9.47 Å². The molecule has 0 radical (unpaired) electrons. The Bertz CT molecular complexity index is 1720. The minimum absolute atomic E-state index is 0.0631. The lowest BCUT2D eigenvalue weighted by Gasteiger charge is -2.39. The summed E-state index contributed by atoms with van der Waals surface area (Å²) in [4.78, 5) is 52.9. The monoisotopic (exact) mass is 597 g/mol. The molecule has 6 rings (SSSR count). The van der Waals surface area contributed by atoms with Gasteiger partial charge in [-0.15, -0.1) is 0 Å². The number of aromatic carboxylic acids is 1. The minimum Gasteiger partial charge on any atom is -0.487 e. The average molecular weight is 598 g/mol. The number of carboxylic acid groups (broad SMARTS) is 1. The van der Waals surface area contributed by atoms with Crippen LogP contribution in [0.4, 0.5) is 30.6 Å². The third kappa shape index (κ3) is 4.96. The summed E-state index contributed by atoms with van der Waals surface area (Å²) >= 11 is 0. The summed E-state index contributed by atoms with van der Waals surface area (Å²) in [5.74, 6) is -2.69. The second kappa shape index (κ2) is 10.7. The number of carbonyl (C=O) groups is 3. The van der Waals surface area contributed by atoms with Crippen LogP contribution in [0.2, 0.25) is 0 Å². The SMILES string of the molecule is CC(=O)NC[C@H]1CN(c2ccc(N3CCN(c4c(F)cc5c(=O)c(C(=O)O)cn6c5c4OC[C@H]6C)CC3)c(F)c2)C(=O)O1. The number of hydrogen-bond acceptors (Lipinski definition) is 8. The van der Waals surface area contributed by atoms with E-state index in [2.05, 4.69) is 5.32 Å². The Balaban J connectivity index is 1.21. The molecule has 0 aliphatic carbocycles. The molecule has 226 valence electrons. The number of piperazine rings is 1. The number of anilines is 3. The van der Waals surface area contributed by atoms with E-state index in [1.165, 1.54) is 24.1 Å². The number of pyridine rings is 1. The van der Waals surface area contributed by atoms with Crippen molar-refractivity contribution >= 4 is 45.9 Å². The maximum absolute atomic E-state index is 15.6. The molecule has 12 nitrogen and oxygen atoms in total. The number of nitrogens with zero attached hydrogens (tertiary/aromatic N) is 4. The van der Waals surface area contributed by atoms with Crippen LogP contribution >= 0.6 is 0 Å². The van der Waals surface area contributed by atoms with E-state index < -0.39 is 40.8 Å². The molecule has 2 N–H and O–H groups in total. The van der Waals surface area contributed by atoms with Crippen LogP contribution in [0.1, 0.15) is 30.2 Å². The number of cyclic esters (lactones) is 1. The fraction of sp³-hybridized carbons (Fsp3) is 0.379. The zero-order valence-corrected chi connectivity index (χ0v) is 23.4. The Morgan fingerprint density at radius 3 is 2.47 bits per heavy atom. The zero-order chi connectivity index (χ0) is 30.6. The van der Waals surface area contributed by atoms with Crippen LogP contribution in [0.5, 0.6) is 5.75 Å². The van der Waals surface area contributed by atoms with Crippen molar-refractivity contribution in [1.29, 1.82) is 0 Å². The lowest BCUT2D eigenvalue weighted by Crippen LogP contribution is -2.47. The Morgan fingerprint density at radius 2 is 1.79 bits per heavy atom. The molecule has 0 spiro atoms. The van der Waals surface area contributed by atoms with Crippen molar-refractivity contribution in [3.63, 3.8) is 0 Å². The number of carboxylic acids is 1. The number of ether oxygens (including phenoxy) is 2. The molecule has 2 aromatic carbocycles. The third-order valence-electron chi connectivity index (χ3n) is 8.00. The molecular weight excluding hydrogens is 568 g/mol. The maximum Gasteiger partial charge on any atom is 0.414 e. The Hall–Kier alpha value is -4.88. The van der Waals surface area contributed by atoms with Gasteiger partial charge in [0.15, 0.2) is 11.6 Å². The first-order valence-corrected chi connectivity index (χ1v) is 13.8. The lowest BCUT2D eigenvalue weighted by atomic mass is 10.1. The molecular formula is C29H29F2N5O7. The van der Waals surface area contributed by atoms with Gasteiger partial charge in [0.1, 0.15) is 29.8 Å². The van der Waals surface area contributed by atoms with Gasteiger partial charge in [-0.25, -0.2) is 18.4 Å². The van der Waals surface area contributed by atoms with E-state index in [0.29, 0.717) is 43.1 Å². The second-order valence-electron chi connectivity index (χ2n) is 10.8. The predicted molar refractivity (Wildman–Crippen MR) is 152 cm³/mol. The van der Waals surface area contributed by atoms with Gasteiger partial charge < -0.3 is 34.3 Å². The minimum atomic E-state index is -1.39. The summed E-state index contributed by atoms with van der Waals surface area (Å²) < 4.78 is 43.7. The van der Waals surface area contributed by atoms with Gasteiger partial charge in [-0.1, -0.05) is 0 Å². The molecule has 2 amide bonds. The van der Waals surface area contributed by atoms with Gasteiger partial charge in [-0.2, -0.15) is 0 Å². The van der Waals surface area contributed by atoms with Crippen molar-refractivity contribution in [3.8, 4) is 5.75 Å². The van der Waals surface area contributed by atoms with Crippen LogP contribution in [-0.2, 0) is 9.53 Å². The number of carbonyl (C=O) groups excluding carboxylic acids is 2. The second-order valence-corrected chi connectivity index (χ2v) is 10.8. The molecule has 0 unspecified atom stereocenters. The number of amides is 2. The van der Waals surface area contributed by atoms with Gasteiger partial charge >= 0.3 is 12.1 Å². The van der Waals surface area contributed by atoms with Crippen molar-refractivity contribution in [2.75, 3.05) is 60.6 Å². The van der Waals surface area contributed by atoms with E-state index in [1.807, 2.05) is 11.8 Å². The maximum atomic E-state index is 15.6. The molecule has 2 saturated heterocycles. The van der Waals surface area contributed by atoms with Crippen molar-refractivity contribution in [3.05, 3.63) is 57.9 Å². The predicted octanol–water partition coefficient (Wildman–Crippen LogP) is 2.72. The molecule has 0 saturated carbocycles. The summed E-state index contributed by atoms with van der Waals surface area (Å²) in [5.41, 5.74) is -0.0478. The normalized spacial score (nSPS) is 19.8. The molecule has 3 aromatic rings. The van der Waals surface area contributed by atoms with Gasteiger partial charge in [-0.3, -0.25) is 14.5 Å². The largest absolute Gasteiger partial charge is 0.487 e. The molecule has 3 aliphatic heterocycles. The highest BCUT2D eigenvalue weighted by molar-refractivity contribution is 5.97. The first-order chi connectivity index (χ1) is 20.5. The number of benzene rings is 2. The first-order valence-electron chi connectivity index (χ1n) is 13.8. The topological polar surface area (TPSA) is 134 Å². The van der Waals surface area contributed by atoms with Crippen LogP contribution in [0, 0.1) is 11.6 Å². The smallest absolute Gasteiger partial charge is 0.414 e. The van der Waals surface area contributed by atoms with Gasteiger partial charge in [0, 0.05) is 39.3 Å². The van der Waals surface area contributed by atoms with Crippen LogP contribution in [0.3, 0.4) is 0 Å². The standard InChI is InChI=1S/C29H29F2N5O7/c1-15-14-42-27-24-19(26(38)20(28(39)40)13-35(15)24)10-22(31)25(27)34-7-5-33(6-8-34)23-4-3-17(9-21(23)30)36-12-18(43-29(36)41)11-32-16(2)37/h3-4,9-10,13,15,18H,5-8,11-12,14H2,1-2H3,(H,32,37)(H,39,40)/t15-,18+/m1/s1. The van der Waals surface area contributed by atoms with Crippen molar-refractivity contribution < 1.29 is 37.7 Å². The van der Waals surface area contributed by atoms with E-state index in [0.717, 1.165) is 6.07 Å². The summed E-state index contributed by atoms with van der Waals surface area (Å²) in [6.45, 7) is 5.00. The fourth-order valence-electron chi connectivity index (χ4n) is 5.85. The van der Waals surface area contributed by atoms with E-state index >= 15 is 8.78 Å². The molecule has 2 fully saturated rings. The Morgan fingerprint density at radius 1 is 1.07 bits per heavy atom. The zero-order valence-electron chi connectivity index (χ0n) is 23.4. The van der Waals surface area contributed by atoms with Gasteiger partial charge in [-0.05, 0) is 31.2 Å². The average Bonchev–Trinajstić information content (AvgIpc) is 3.35. The molecule has 4 heterocycles. The molecule has 1 aromatic heterocycles. The third-order valence-corrected chi connectivity index (χ3v) is 8.00. The van der Waals surface area contributed by atoms with Crippen LogP contribution in [-0.4, -0.2) is 79.6 Å². The van der Waals surface area contributed by atoms with Crippen LogP contribution < -0.4 is 30.2 Å². The number of aromatic nitrogens is 1. The molecule has 43 heavy (non-hydrogen) atoms. The van der Waals surface area contributed by atoms with E-state index in [9.17, 15) is 24.3 Å². The number of halogens is 2. The van der Waals surface area contributed by atoms with Crippen LogP contribution in [0.25, 0.3) is 10.9 Å². The van der Waals surface area contributed by atoms with E-state index in [-0.39, 0.29) is 48.5 Å². The summed E-state index contributed by atoms with van der Waals surface area (Å²) in [5, 5.41) is 12.0. The first kappa shape index (κ1) is 28.2. The number of rotatable bonds is 6. The fourth-order valence-corrected chi connectivity index (χ4v) is 5.85. The Labute approximate surface area is 244 Å². The molecule has 14 heteroatoms. The van der Waals surface area contributed by atoms with E-state index in [1.54, 1.807) is 21.6 Å². The highest BCUT2D eigenvalue weighted by Crippen LogP contribution is 2.42. The summed E-state index contributed by atoms with van der Waals surface area (Å²) in [6, 6.07) is 5.25. The summed E-state index contributed by atoms with van der Waals surface area (Å²) in [7, 11) is 0. The molecule has 3 aliphatic rings. The van der Waals surface area contributed by atoms with Crippen molar-refractivity contribution in [1.82, 2.24) is 9.88 Å². The number of nitrogens with one attached hydrogen (secondary N) is 1. The highest BCUT2D eigenvalue weighted by atomic mass is 19.1. The van der Waals surface area contributed by atoms with Gasteiger partial charge in [0.2, 0.25) is 11.3 Å². The van der Waals surface area contributed by atoms with Crippen molar-refractivity contribution in [2.24, 2.45) is 0 Å². The number of hydrogen-bond donors (Lipinski definition) is 2. The molecule has 0 bridgehead atoms. The van der Waals surface area contributed by atoms with Crippen LogP contribution in [0.15, 0.2) is 35.3 Å². The highest BCUT2D eigenvalue weighted by Gasteiger charge is 2.34. The quantitative estimate of drug-likeness (QED) is 0.440. The van der Waals surface area contributed by atoms with Gasteiger partial charge in [0.25, 0.3) is 0 Å². The summed E-state index contributed by atoms with van der Waals surface area (Å²) in [6.07, 6.45) is 0.105. The molecule has 2 atom stereocenters. The van der Waals surface area contributed by atoms with Gasteiger partial charge in [0.05, 0.1) is 41.4 Å². The Kier molecular flexibility index (Phi) is 7.06. The lowest BCUT2D eigenvalue weighted by molar-refractivity contribution is -0.119. The van der Waals surface area contributed by atoms with Crippen molar-refractivity contribution in [2.45, 2.75) is 26.0 Å².